The van der Waals surface area contributed by atoms with Gasteiger partial charge in [-0.05, 0) is 17.3 Å². The maximum absolute atomic E-state index is 12.4. The van der Waals surface area contributed by atoms with Crippen LogP contribution in [0.15, 0.2) is 40.9 Å². The highest BCUT2D eigenvalue weighted by Crippen LogP contribution is 2.16. The van der Waals surface area contributed by atoms with E-state index in [1.807, 2.05) is 30.3 Å². The first-order valence-corrected chi connectivity index (χ1v) is 7.91. The highest BCUT2D eigenvalue weighted by molar-refractivity contribution is 5.91. The summed E-state index contributed by atoms with van der Waals surface area (Å²) in [6, 6.07) is 11.4. The Hall–Kier alpha value is -2.34. The minimum absolute atomic E-state index is 0.122. The largest absolute Gasteiger partial charge is 0.471 e. The molecule has 0 N–H and O–H groups in total. The molecule has 0 unspecified atom stereocenters. The van der Waals surface area contributed by atoms with Crippen molar-refractivity contribution in [2.75, 3.05) is 32.7 Å². The van der Waals surface area contributed by atoms with Gasteiger partial charge < -0.3 is 19.1 Å². The Kier molecular flexibility index (Phi) is 4.92. The van der Waals surface area contributed by atoms with Crippen LogP contribution in [-0.4, -0.2) is 53.6 Å². The number of likely N-dealkylation sites (N-methyl/N-ethyl adjacent to an activating group) is 1. The number of piperazine rings is 1. The zero-order chi connectivity index (χ0) is 16.1. The average Bonchev–Trinajstić information content (AvgIpc) is 3.09. The number of nitrogens with zero attached hydrogens (tertiary/aromatic N) is 3. The zero-order valence-electron chi connectivity index (χ0n) is 13.3. The number of carbonyl (C=O) groups is 1. The first kappa shape index (κ1) is 15.6. The van der Waals surface area contributed by atoms with E-state index in [0.29, 0.717) is 25.6 Å². The molecule has 0 saturated carbocycles. The summed E-state index contributed by atoms with van der Waals surface area (Å²) in [5.74, 6) is 0.449. The average molecular weight is 315 g/mol. The summed E-state index contributed by atoms with van der Waals surface area (Å²) in [4.78, 5) is 16.5. The van der Waals surface area contributed by atoms with E-state index in [1.165, 1.54) is 0 Å². The van der Waals surface area contributed by atoms with Crippen molar-refractivity contribution in [1.82, 2.24) is 15.0 Å². The molecule has 0 radical (unpaired) electrons. The Labute approximate surface area is 135 Å². The van der Waals surface area contributed by atoms with Gasteiger partial charge >= 0.3 is 0 Å². The van der Waals surface area contributed by atoms with Gasteiger partial charge in [0.1, 0.15) is 6.61 Å². The molecule has 1 aliphatic heterocycles. The van der Waals surface area contributed by atoms with Crippen LogP contribution in [0, 0.1) is 0 Å². The minimum atomic E-state index is -0.122. The second kappa shape index (κ2) is 7.28. The van der Waals surface area contributed by atoms with Gasteiger partial charge in [-0.3, -0.25) is 4.79 Å². The molecule has 1 aliphatic rings. The summed E-state index contributed by atoms with van der Waals surface area (Å²) in [7, 11) is 0. The van der Waals surface area contributed by atoms with Crippen LogP contribution in [0.4, 0.5) is 0 Å². The van der Waals surface area contributed by atoms with Crippen molar-refractivity contribution in [2.45, 2.75) is 13.5 Å². The number of benzene rings is 1. The monoisotopic (exact) mass is 315 g/mol. The van der Waals surface area contributed by atoms with Gasteiger partial charge in [-0.1, -0.05) is 37.3 Å². The van der Waals surface area contributed by atoms with Crippen LogP contribution in [0.5, 0.6) is 5.88 Å². The zero-order valence-corrected chi connectivity index (χ0v) is 13.3. The summed E-state index contributed by atoms with van der Waals surface area (Å²) in [5.41, 5.74) is 1.04. The van der Waals surface area contributed by atoms with Gasteiger partial charge in [0, 0.05) is 26.2 Å². The van der Waals surface area contributed by atoms with Gasteiger partial charge in [0.05, 0.1) is 6.07 Å². The quantitative estimate of drug-likeness (QED) is 0.845. The van der Waals surface area contributed by atoms with E-state index in [2.05, 4.69) is 17.0 Å². The van der Waals surface area contributed by atoms with Crippen LogP contribution in [-0.2, 0) is 6.61 Å². The van der Waals surface area contributed by atoms with Gasteiger partial charge in [-0.15, -0.1) is 0 Å². The number of hydrogen-bond acceptors (Lipinski definition) is 5. The molecule has 1 aromatic carbocycles. The molecule has 0 aliphatic carbocycles. The SMILES string of the molecule is CCN1CCN(C(=O)c2cc(OCc3ccccc3)no2)CC1. The fraction of sp³-hybridized carbons (Fsp3) is 0.412. The molecule has 2 aromatic rings. The van der Waals surface area contributed by atoms with Crippen LogP contribution in [0.1, 0.15) is 23.0 Å². The second-order valence-electron chi connectivity index (χ2n) is 5.53. The first-order chi connectivity index (χ1) is 11.3. The molecule has 0 bridgehead atoms. The fourth-order valence-electron chi connectivity index (χ4n) is 2.58. The lowest BCUT2D eigenvalue weighted by Crippen LogP contribution is -2.48. The third kappa shape index (κ3) is 3.90. The minimum Gasteiger partial charge on any atom is -0.471 e. The molecule has 6 nitrogen and oxygen atoms in total. The molecule has 23 heavy (non-hydrogen) atoms. The summed E-state index contributed by atoms with van der Waals surface area (Å²) >= 11 is 0. The molecule has 0 atom stereocenters. The molecule has 1 fully saturated rings. The first-order valence-electron chi connectivity index (χ1n) is 7.91. The summed E-state index contributed by atoms with van der Waals surface area (Å²) in [5, 5.41) is 3.82. The van der Waals surface area contributed by atoms with Crippen molar-refractivity contribution in [2.24, 2.45) is 0 Å². The second-order valence-corrected chi connectivity index (χ2v) is 5.53. The van der Waals surface area contributed by atoms with Crippen molar-refractivity contribution < 1.29 is 14.1 Å². The number of aromatic nitrogens is 1. The van der Waals surface area contributed by atoms with Gasteiger partial charge in [-0.25, -0.2) is 0 Å². The number of amides is 1. The Morgan fingerprint density at radius 3 is 2.65 bits per heavy atom. The Morgan fingerprint density at radius 2 is 1.96 bits per heavy atom. The van der Waals surface area contributed by atoms with E-state index in [4.69, 9.17) is 9.26 Å². The summed E-state index contributed by atoms with van der Waals surface area (Å²) in [6.45, 7) is 6.77. The topological polar surface area (TPSA) is 58.8 Å². The smallest absolute Gasteiger partial charge is 0.292 e. The summed E-state index contributed by atoms with van der Waals surface area (Å²) < 4.78 is 10.7. The Balaban J connectivity index is 1.55. The molecule has 2 heterocycles. The van der Waals surface area contributed by atoms with E-state index in [-0.39, 0.29) is 11.7 Å². The maximum atomic E-state index is 12.4. The molecular formula is C17H21N3O3. The lowest BCUT2D eigenvalue weighted by molar-refractivity contribution is 0.0602. The third-order valence-corrected chi connectivity index (χ3v) is 4.04. The van der Waals surface area contributed by atoms with Crippen LogP contribution in [0.25, 0.3) is 0 Å². The number of rotatable bonds is 5. The fourth-order valence-corrected chi connectivity index (χ4v) is 2.58. The van der Waals surface area contributed by atoms with E-state index in [9.17, 15) is 4.79 Å². The van der Waals surface area contributed by atoms with E-state index >= 15 is 0 Å². The van der Waals surface area contributed by atoms with E-state index in [0.717, 1.165) is 25.2 Å². The standard InChI is InChI=1S/C17H21N3O3/c1-2-19-8-10-20(11-9-19)17(21)15-12-16(18-23-15)22-13-14-6-4-3-5-7-14/h3-7,12H,2,8-11,13H2,1H3. The van der Waals surface area contributed by atoms with E-state index < -0.39 is 0 Å². The predicted molar refractivity (Wildman–Crippen MR) is 85.3 cm³/mol. The van der Waals surface area contributed by atoms with Crippen LogP contribution >= 0.6 is 0 Å². The number of ether oxygens (including phenoxy) is 1. The molecule has 1 aromatic heterocycles. The van der Waals surface area contributed by atoms with Crippen molar-refractivity contribution in [3.05, 3.63) is 47.7 Å². The Bertz CT molecular complexity index is 634. The number of carbonyl (C=O) groups excluding carboxylic acids is 1. The van der Waals surface area contributed by atoms with Crippen molar-refractivity contribution >= 4 is 5.91 Å². The van der Waals surface area contributed by atoms with Gasteiger partial charge in [0.2, 0.25) is 5.76 Å². The lowest BCUT2D eigenvalue weighted by Gasteiger charge is -2.33. The Morgan fingerprint density at radius 1 is 1.22 bits per heavy atom. The maximum Gasteiger partial charge on any atom is 0.292 e. The van der Waals surface area contributed by atoms with Crippen LogP contribution in [0.2, 0.25) is 0 Å². The third-order valence-electron chi connectivity index (χ3n) is 4.04. The molecule has 0 spiro atoms. The summed E-state index contributed by atoms with van der Waals surface area (Å²) in [6.07, 6.45) is 0. The van der Waals surface area contributed by atoms with Gasteiger partial charge in [0.25, 0.3) is 11.8 Å². The van der Waals surface area contributed by atoms with Gasteiger partial charge in [0.15, 0.2) is 0 Å². The molecular weight excluding hydrogens is 294 g/mol. The van der Waals surface area contributed by atoms with Gasteiger partial charge in [-0.2, -0.15) is 0 Å². The normalized spacial score (nSPS) is 15.6. The van der Waals surface area contributed by atoms with Crippen molar-refractivity contribution in [3.8, 4) is 5.88 Å². The lowest BCUT2D eigenvalue weighted by atomic mass is 10.2. The highest BCUT2D eigenvalue weighted by Gasteiger charge is 2.24. The molecule has 1 saturated heterocycles. The highest BCUT2D eigenvalue weighted by atomic mass is 16.5. The van der Waals surface area contributed by atoms with E-state index in [1.54, 1.807) is 11.0 Å². The molecule has 1 amide bonds. The number of hydrogen-bond donors (Lipinski definition) is 0. The van der Waals surface area contributed by atoms with Crippen molar-refractivity contribution in [1.29, 1.82) is 0 Å². The molecule has 3 rings (SSSR count). The predicted octanol–water partition coefficient (Wildman–Crippen LogP) is 2.03. The molecule has 122 valence electrons. The van der Waals surface area contributed by atoms with Crippen LogP contribution < -0.4 is 4.74 Å². The molecule has 6 heteroatoms. The van der Waals surface area contributed by atoms with Crippen molar-refractivity contribution in [3.63, 3.8) is 0 Å². The van der Waals surface area contributed by atoms with Crippen LogP contribution in [0.3, 0.4) is 0 Å².